The molecule has 0 fully saturated rings. The lowest BCUT2D eigenvalue weighted by atomic mass is 9.96. The molecule has 15 heavy (non-hydrogen) atoms. The van der Waals surface area contributed by atoms with Crippen LogP contribution >= 0.6 is 0 Å². The Morgan fingerprint density at radius 1 is 1.33 bits per heavy atom. The highest BCUT2D eigenvalue weighted by Gasteiger charge is 2.10. The summed E-state index contributed by atoms with van der Waals surface area (Å²) in [4.78, 5) is 0. The van der Waals surface area contributed by atoms with Crippen molar-refractivity contribution in [3.05, 3.63) is 29.3 Å². The maximum Gasteiger partial charge on any atom is 0.119 e. The summed E-state index contributed by atoms with van der Waals surface area (Å²) < 4.78 is 10.3. The molecule has 0 heterocycles. The molecule has 0 aliphatic heterocycles. The van der Waals surface area contributed by atoms with E-state index in [2.05, 4.69) is 13.0 Å². The lowest BCUT2D eigenvalue weighted by Crippen LogP contribution is -2.11. The highest BCUT2D eigenvalue weighted by Crippen LogP contribution is 2.24. The zero-order valence-corrected chi connectivity index (χ0v) is 9.62. The van der Waals surface area contributed by atoms with Crippen LogP contribution in [-0.2, 0) is 11.3 Å². The zero-order chi connectivity index (χ0) is 11.3. The van der Waals surface area contributed by atoms with Crippen molar-refractivity contribution in [1.29, 1.82) is 0 Å². The lowest BCUT2D eigenvalue weighted by Gasteiger charge is -2.15. The van der Waals surface area contributed by atoms with Crippen LogP contribution in [0.3, 0.4) is 0 Å². The number of nitrogens with two attached hydrogens (primary N) is 1. The summed E-state index contributed by atoms with van der Waals surface area (Å²) in [5.41, 5.74) is 8.05. The Morgan fingerprint density at radius 2 is 2.07 bits per heavy atom. The highest BCUT2D eigenvalue weighted by atomic mass is 16.5. The van der Waals surface area contributed by atoms with Gasteiger partial charge in [-0.25, -0.2) is 0 Å². The summed E-state index contributed by atoms with van der Waals surface area (Å²) in [6, 6.07) is 6.02. The Morgan fingerprint density at radius 3 is 2.60 bits per heavy atom. The van der Waals surface area contributed by atoms with E-state index in [4.69, 9.17) is 15.2 Å². The smallest absolute Gasteiger partial charge is 0.119 e. The molecule has 84 valence electrons. The first-order chi connectivity index (χ1) is 7.22. The third-order valence-electron chi connectivity index (χ3n) is 2.53. The Labute approximate surface area is 91.2 Å². The number of methoxy groups -OCH3 is 2. The summed E-state index contributed by atoms with van der Waals surface area (Å²) in [5, 5.41) is 0. The van der Waals surface area contributed by atoms with Gasteiger partial charge in [0.25, 0.3) is 0 Å². The molecule has 1 rings (SSSR count). The SMILES string of the molecule is COCc1cc(OC)ccc1C(C)CN. The van der Waals surface area contributed by atoms with Gasteiger partial charge in [-0.15, -0.1) is 0 Å². The molecule has 0 aromatic heterocycles. The normalized spacial score (nSPS) is 12.5. The minimum absolute atomic E-state index is 0.348. The van der Waals surface area contributed by atoms with Crippen molar-refractivity contribution in [3.63, 3.8) is 0 Å². The lowest BCUT2D eigenvalue weighted by molar-refractivity contribution is 0.183. The van der Waals surface area contributed by atoms with E-state index >= 15 is 0 Å². The van der Waals surface area contributed by atoms with Crippen molar-refractivity contribution < 1.29 is 9.47 Å². The van der Waals surface area contributed by atoms with Crippen molar-refractivity contribution in [3.8, 4) is 5.75 Å². The van der Waals surface area contributed by atoms with E-state index < -0.39 is 0 Å². The molecule has 0 amide bonds. The van der Waals surface area contributed by atoms with Crippen LogP contribution in [0.1, 0.15) is 24.0 Å². The molecule has 0 aliphatic rings. The van der Waals surface area contributed by atoms with Crippen molar-refractivity contribution in [2.45, 2.75) is 19.4 Å². The number of ether oxygens (including phenoxy) is 2. The zero-order valence-electron chi connectivity index (χ0n) is 9.62. The summed E-state index contributed by atoms with van der Waals surface area (Å²) >= 11 is 0. The molecule has 3 nitrogen and oxygen atoms in total. The molecular weight excluding hydrogens is 190 g/mol. The van der Waals surface area contributed by atoms with E-state index in [-0.39, 0.29) is 0 Å². The van der Waals surface area contributed by atoms with Crippen LogP contribution in [0.5, 0.6) is 5.75 Å². The third kappa shape index (κ3) is 2.94. The monoisotopic (exact) mass is 209 g/mol. The van der Waals surface area contributed by atoms with Crippen LogP contribution in [0, 0.1) is 0 Å². The second-order valence-electron chi connectivity index (χ2n) is 3.63. The maximum atomic E-state index is 5.67. The van der Waals surface area contributed by atoms with Gasteiger partial charge in [0, 0.05) is 7.11 Å². The van der Waals surface area contributed by atoms with E-state index in [0.717, 1.165) is 11.3 Å². The van der Waals surface area contributed by atoms with Crippen molar-refractivity contribution in [2.75, 3.05) is 20.8 Å². The molecular formula is C12H19NO2. The average molecular weight is 209 g/mol. The first kappa shape index (κ1) is 12.0. The number of hydrogen-bond acceptors (Lipinski definition) is 3. The Hall–Kier alpha value is -1.06. The second-order valence-corrected chi connectivity index (χ2v) is 3.63. The van der Waals surface area contributed by atoms with Crippen molar-refractivity contribution in [1.82, 2.24) is 0 Å². The fraction of sp³-hybridized carbons (Fsp3) is 0.500. The molecule has 0 spiro atoms. The van der Waals surface area contributed by atoms with E-state index in [0.29, 0.717) is 19.1 Å². The Bertz CT molecular complexity index is 312. The molecule has 1 unspecified atom stereocenters. The van der Waals surface area contributed by atoms with Gasteiger partial charge >= 0.3 is 0 Å². The van der Waals surface area contributed by atoms with E-state index in [9.17, 15) is 0 Å². The van der Waals surface area contributed by atoms with Gasteiger partial charge in [-0.2, -0.15) is 0 Å². The predicted octanol–water partition coefficient (Wildman–Crippen LogP) is 1.90. The second kappa shape index (κ2) is 5.73. The molecule has 0 saturated heterocycles. The minimum Gasteiger partial charge on any atom is -0.497 e. The fourth-order valence-electron chi connectivity index (χ4n) is 1.60. The first-order valence-corrected chi connectivity index (χ1v) is 5.08. The first-order valence-electron chi connectivity index (χ1n) is 5.08. The van der Waals surface area contributed by atoms with E-state index in [1.54, 1.807) is 14.2 Å². The van der Waals surface area contributed by atoms with Gasteiger partial charge in [-0.05, 0) is 35.7 Å². The van der Waals surface area contributed by atoms with Gasteiger partial charge in [-0.1, -0.05) is 13.0 Å². The summed E-state index contributed by atoms with van der Waals surface area (Å²) in [5.74, 6) is 1.20. The third-order valence-corrected chi connectivity index (χ3v) is 2.53. The molecule has 0 saturated carbocycles. The van der Waals surface area contributed by atoms with Crippen LogP contribution in [0.25, 0.3) is 0 Å². The molecule has 0 aliphatic carbocycles. The summed E-state index contributed by atoms with van der Waals surface area (Å²) in [6.07, 6.45) is 0. The highest BCUT2D eigenvalue weighted by molar-refractivity contribution is 5.37. The number of hydrogen-bond donors (Lipinski definition) is 1. The van der Waals surface area contributed by atoms with E-state index in [1.165, 1.54) is 5.56 Å². The molecule has 1 aromatic rings. The van der Waals surface area contributed by atoms with E-state index in [1.807, 2.05) is 12.1 Å². The van der Waals surface area contributed by atoms with Crippen LogP contribution in [0.15, 0.2) is 18.2 Å². The molecule has 0 radical (unpaired) electrons. The van der Waals surface area contributed by atoms with Crippen LogP contribution < -0.4 is 10.5 Å². The topological polar surface area (TPSA) is 44.5 Å². The van der Waals surface area contributed by atoms with Crippen molar-refractivity contribution in [2.24, 2.45) is 5.73 Å². The van der Waals surface area contributed by atoms with Gasteiger partial charge in [0.15, 0.2) is 0 Å². The van der Waals surface area contributed by atoms with Gasteiger partial charge in [0.05, 0.1) is 13.7 Å². The maximum absolute atomic E-state index is 5.67. The largest absolute Gasteiger partial charge is 0.497 e. The number of rotatable bonds is 5. The summed E-state index contributed by atoms with van der Waals surface area (Å²) in [7, 11) is 3.36. The van der Waals surface area contributed by atoms with Gasteiger partial charge in [0.2, 0.25) is 0 Å². The quantitative estimate of drug-likeness (QED) is 0.805. The van der Waals surface area contributed by atoms with Crippen LogP contribution in [0.4, 0.5) is 0 Å². The summed E-state index contributed by atoms with van der Waals surface area (Å²) in [6.45, 7) is 3.35. The molecule has 0 bridgehead atoms. The van der Waals surface area contributed by atoms with Crippen molar-refractivity contribution >= 4 is 0 Å². The minimum atomic E-state index is 0.348. The fourth-order valence-corrected chi connectivity index (χ4v) is 1.60. The molecule has 3 heteroatoms. The predicted molar refractivity (Wildman–Crippen MR) is 61.2 cm³/mol. The molecule has 1 atom stereocenters. The Balaban J connectivity index is 3.03. The van der Waals surface area contributed by atoms with Gasteiger partial charge in [0.1, 0.15) is 5.75 Å². The van der Waals surface area contributed by atoms with Gasteiger partial charge < -0.3 is 15.2 Å². The molecule has 1 aromatic carbocycles. The standard InChI is InChI=1S/C12H19NO2/c1-9(7-13)12-5-4-11(15-3)6-10(12)8-14-2/h4-6,9H,7-8,13H2,1-3H3. The van der Waals surface area contributed by atoms with Crippen LogP contribution in [0.2, 0.25) is 0 Å². The number of benzene rings is 1. The average Bonchev–Trinajstić information content (AvgIpc) is 2.28. The Kier molecular flexibility index (Phi) is 4.59. The molecule has 2 N–H and O–H groups in total. The van der Waals surface area contributed by atoms with Crippen LogP contribution in [-0.4, -0.2) is 20.8 Å². The van der Waals surface area contributed by atoms with Gasteiger partial charge in [-0.3, -0.25) is 0 Å².